The summed E-state index contributed by atoms with van der Waals surface area (Å²) >= 11 is 3.52. The maximum atomic E-state index is 6.34. The second-order valence-corrected chi connectivity index (χ2v) is 6.19. The van der Waals surface area contributed by atoms with Crippen LogP contribution < -0.4 is 10.5 Å². The monoisotopic (exact) mass is 333 g/mol. The first-order valence-electron chi connectivity index (χ1n) is 6.75. The van der Waals surface area contributed by atoms with Gasteiger partial charge in [-0.05, 0) is 61.7 Å². The Morgan fingerprint density at radius 1 is 1.00 bits per heavy atom. The van der Waals surface area contributed by atoms with Crippen LogP contribution in [0.4, 0.5) is 0 Å². The fourth-order valence-electron chi connectivity index (χ4n) is 2.16. The highest BCUT2D eigenvalue weighted by atomic mass is 79.9. The Balaban J connectivity index is 2.22. The van der Waals surface area contributed by atoms with E-state index >= 15 is 0 Å². The van der Waals surface area contributed by atoms with Crippen LogP contribution in [0, 0.1) is 6.92 Å². The van der Waals surface area contributed by atoms with E-state index in [4.69, 9.17) is 10.5 Å². The molecule has 0 heterocycles. The summed E-state index contributed by atoms with van der Waals surface area (Å²) in [6.45, 7) is 6.11. The van der Waals surface area contributed by atoms with Gasteiger partial charge in [-0.3, -0.25) is 0 Å². The van der Waals surface area contributed by atoms with Crippen LogP contribution in [-0.4, -0.2) is 6.10 Å². The van der Waals surface area contributed by atoms with E-state index in [9.17, 15) is 0 Å². The number of ether oxygens (including phenoxy) is 1. The smallest absolute Gasteiger partial charge is 0.119 e. The molecule has 2 nitrogen and oxygen atoms in total. The second-order valence-electron chi connectivity index (χ2n) is 5.28. The van der Waals surface area contributed by atoms with E-state index in [1.54, 1.807) is 0 Å². The molecule has 0 aromatic heterocycles. The topological polar surface area (TPSA) is 35.2 Å². The summed E-state index contributed by atoms with van der Waals surface area (Å²) in [6, 6.07) is 14.1. The zero-order chi connectivity index (χ0) is 14.7. The maximum absolute atomic E-state index is 6.34. The molecule has 0 radical (unpaired) electrons. The van der Waals surface area contributed by atoms with Crippen molar-refractivity contribution in [3.8, 4) is 5.75 Å². The van der Waals surface area contributed by atoms with Crippen molar-refractivity contribution in [2.75, 3.05) is 0 Å². The van der Waals surface area contributed by atoms with Crippen molar-refractivity contribution in [2.24, 2.45) is 5.73 Å². The van der Waals surface area contributed by atoms with Gasteiger partial charge >= 0.3 is 0 Å². The molecule has 0 spiro atoms. The molecule has 2 N–H and O–H groups in total. The highest BCUT2D eigenvalue weighted by molar-refractivity contribution is 9.10. The summed E-state index contributed by atoms with van der Waals surface area (Å²) in [4.78, 5) is 0. The van der Waals surface area contributed by atoms with Gasteiger partial charge in [0, 0.05) is 4.47 Å². The van der Waals surface area contributed by atoms with Gasteiger partial charge < -0.3 is 10.5 Å². The Labute approximate surface area is 129 Å². The Morgan fingerprint density at radius 3 is 2.20 bits per heavy atom. The number of rotatable bonds is 4. The van der Waals surface area contributed by atoms with Crippen LogP contribution in [0.2, 0.25) is 0 Å². The summed E-state index contributed by atoms with van der Waals surface area (Å²) < 4.78 is 6.70. The van der Waals surface area contributed by atoms with Gasteiger partial charge in [-0.15, -0.1) is 0 Å². The summed E-state index contributed by atoms with van der Waals surface area (Å²) in [7, 11) is 0. The third-order valence-corrected chi connectivity index (χ3v) is 3.49. The first-order chi connectivity index (χ1) is 9.45. The molecule has 2 rings (SSSR count). The molecule has 106 valence electrons. The highest BCUT2D eigenvalue weighted by Crippen LogP contribution is 2.25. The molecule has 0 saturated heterocycles. The lowest BCUT2D eigenvalue weighted by atomic mass is 9.98. The minimum Gasteiger partial charge on any atom is -0.491 e. The lowest BCUT2D eigenvalue weighted by molar-refractivity contribution is 0.242. The summed E-state index contributed by atoms with van der Waals surface area (Å²) in [5.41, 5.74) is 9.73. The van der Waals surface area contributed by atoms with Crippen molar-refractivity contribution in [3.63, 3.8) is 0 Å². The van der Waals surface area contributed by atoms with Crippen LogP contribution in [0.5, 0.6) is 5.75 Å². The maximum Gasteiger partial charge on any atom is 0.119 e. The summed E-state index contributed by atoms with van der Waals surface area (Å²) in [6.07, 6.45) is 0.183. The van der Waals surface area contributed by atoms with Gasteiger partial charge in [0.05, 0.1) is 12.1 Å². The van der Waals surface area contributed by atoms with Crippen molar-refractivity contribution in [3.05, 3.63) is 63.6 Å². The van der Waals surface area contributed by atoms with E-state index < -0.39 is 0 Å². The van der Waals surface area contributed by atoms with Gasteiger partial charge in [0.2, 0.25) is 0 Å². The van der Waals surface area contributed by atoms with E-state index in [1.165, 1.54) is 5.56 Å². The molecule has 2 aromatic rings. The van der Waals surface area contributed by atoms with Crippen LogP contribution in [0.15, 0.2) is 46.9 Å². The second kappa shape index (κ2) is 6.42. The summed E-state index contributed by atoms with van der Waals surface area (Å²) in [5.74, 6) is 0.876. The molecule has 20 heavy (non-hydrogen) atoms. The first-order valence-corrected chi connectivity index (χ1v) is 7.54. The zero-order valence-electron chi connectivity index (χ0n) is 12.1. The average molecular weight is 334 g/mol. The van der Waals surface area contributed by atoms with Gasteiger partial charge in [-0.25, -0.2) is 0 Å². The number of nitrogens with two attached hydrogens (primary N) is 1. The average Bonchev–Trinajstić information content (AvgIpc) is 2.37. The molecular weight excluding hydrogens is 314 g/mol. The minimum atomic E-state index is -0.126. The van der Waals surface area contributed by atoms with Crippen molar-refractivity contribution >= 4 is 15.9 Å². The van der Waals surface area contributed by atoms with E-state index in [0.29, 0.717) is 0 Å². The van der Waals surface area contributed by atoms with E-state index in [2.05, 4.69) is 41.1 Å². The quantitative estimate of drug-likeness (QED) is 0.887. The molecule has 0 saturated carbocycles. The molecule has 0 aliphatic carbocycles. The van der Waals surface area contributed by atoms with Crippen LogP contribution in [0.25, 0.3) is 0 Å². The fourth-order valence-corrected chi connectivity index (χ4v) is 2.79. The van der Waals surface area contributed by atoms with Gasteiger partial charge in [0.25, 0.3) is 0 Å². The predicted octanol–water partition coefficient (Wildman–Crippen LogP) is 4.59. The van der Waals surface area contributed by atoms with E-state index in [-0.39, 0.29) is 12.1 Å². The third kappa shape index (κ3) is 3.84. The van der Waals surface area contributed by atoms with Gasteiger partial charge in [-0.2, -0.15) is 0 Å². The summed E-state index contributed by atoms with van der Waals surface area (Å²) in [5, 5.41) is 0. The molecule has 2 aromatic carbocycles. The lowest BCUT2D eigenvalue weighted by Crippen LogP contribution is -2.12. The fraction of sp³-hybridized carbons (Fsp3) is 0.294. The SMILES string of the molecule is Cc1cc(Br)cc(C(N)c2ccc(OC(C)C)cc2)c1. The molecule has 1 atom stereocenters. The molecular formula is C17H20BrNO. The third-order valence-electron chi connectivity index (χ3n) is 3.03. The lowest BCUT2D eigenvalue weighted by Gasteiger charge is -2.15. The van der Waals surface area contributed by atoms with Crippen LogP contribution >= 0.6 is 15.9 Å². The molecule has 0 aliphatic heterocycles. The largest absolute Gasteiger partial charge is 0.491 e. The molecule has 0 bridgehead atoms. The Morgan fingerprint density at radius 2 is 1.65 bits per heavy atom. The minimum absolute atomic E-state index is 0.126. The number of hydrogen-bond donors (Lipinski definition) is 1. The zero-order valence-corrected chi connectivity index (χ0v) is 13.6. The first kappa shape index (κ1) is 15.1. The van der Waals surface area contributed by atoms with Gasteiger partial charge in [0.15, 0.2) is 0 Å². The molecule has 1 unspecified atom stereocenters. The molecule has 0 fully saturated rings. The number of hydrogen-bond acceptors (Lipinski definition) is 2. The van der Waals surface area contributed by atoms with Crippen LogP contribution in [-0.2, 0) is 0 Å². The Hall–Kier alpha value is -1.32. The van der Waals surface area contributed by atoms with Crippen molar-refractivity contribution in [1.82, 2.24) is 0 Å². The molecule has 3 heteroatoms. The number of aryl methyl sites for hydroxylation is 1. The Bertz CT molecular complexity index is 558. The van der Waals surface area contributed by atoms with Gasteiger partial charge in [0.1, 0.15) is 5.75 Å². The standard InChI is InChI=1S/C17H20BrNO/c1-11(2)20-16-6-4-13(5-7-16)17(19)14-8-12(3)9-15(18)10-14/h4-11,17H,19H2,1-3H3. The van der Waals surface area contributed by atoms with Gasteiger partial charge in [-0.1, -0.05) is 34.1 Å². The normalized spacial score (nSPS) is 12.5. The van der Waals surface area contributed by atoms with Crippen molar-refractivity contribution in [1.29, 1.82) is 0 Å². The predicted molar refractivity (Wildman–Crippen MR) is 87.1 cm³/mol. The Kier molecular flexibility index (Phi) is 4.84. The van der Waals surface area contributed by atoms with Crippen molar-refractivity contribution in [2.45, 2.75) is 32.9 Å². The number of halogens is 1. The molecule has 0 aliphatic rings. The highest BCUT2D eigenvalue weighted by Gasteiger charge is 2.10. The number of benzene rings is 2. The van der Waals surface area contributed by atoms with Crippen LogP contribution in [0.1, 0.15) is 36.6 Å². The van der Waals surface area contributed by atoms with E-state index in [0.717, 1.165) is 21.3 Å². The van der Waals surface area contributed by atoms with E-state index in [1.807, 2.05) is 38.1 Å². The van der Waals surface area contributed by atoms with Crippen LogP contribution in [0.3, 0.4) is 0 Å². The molecule has 0 amide bonds. The van der Waals surface area contributed by atoms with Crippen molar-refractivity contribution < 1.29 is 4.74 Å².